The highest BCUT2D eigenvalue weighted by atomic mass is 32.2. The molecule has 2 aliphatic carbocycles. The zero-order valence-corrected chi connectivity index (χ0v) is 21.1. The molecular formula is C25H38N4O4S. The number of sulfonamides is 1. The van der Waals surface area contributed by atoms with Gasteiger partial charge in [-0.25, -0.2) is 8.42 Å². The van der Waals surface area contributed by atoms with E-state index in [-0.39, 0.29) is 29.2 Å². The standard InChI is InChI=1S/C25H38N4O4S/c1-26-24(31)22-17-25(18-29(22)34(32,33)20-12-7-4-8-13-20)16-21(25)23(30)27-14-9-15-28(2)19-10-5-3-6-11-19/h4,7-8,12-13,19,21-22H,3,5-6,9-11,14-18H2,1-2H3,(H,26,31)(H,27,30)/t21-,22+,25+/m1/s1. The Balaban J connectivity index is 1.33. The van der Waals surface area contributed by atoms with Gasteiger partial charge >= 0.3 is 0 Å². The Morgan fingerprint density at radius 3 is 2.47 bits per heavy atom. The summed E-state index contributed by atoms with van der Waals surface area (Å²) in [6.07, 6.45) is 8.39. The monoisotopic (exact) mass is 490 g/mol. The molecule has 1 aromatic carbocycles. The predicted molar refractivity (Wildman–Crippen MR) is 130 cm³/mol. The Hall–Kier alpha value is -1.97. The van der Waals surface area contributed by atoms with E-state index in [9.17, 15) is 18.0 Å². The van der Waals surface area contributed by atoms with E-state index in [0.29, 0.717) is 25.4 Å². The molecule has 0 unspecified atom stereocenters. The third-order valence-corrected chi connectivity index (χ3v) is 9.88. The molecule has 2 N–H and O–H groups in total. The van der Waals surface area contributed by atoms with Crippen LogP contribution in [0, 0.1) is 11.3 Å². The van der Waals surface area contributed by atoms with E-state index in [2.05, 4.69) is 22.6 Å². The number of carbonyl (C=O) groups excluding carboxylic acids is 2. The van der Waals surface area contributed by atoms with Crippen LogP contribution < -0.4 is 10.6 Å². The Bertz CT molecular complexity index is 980. The first-order valence-corrected chi connectivity index (χ1v) is 14.0. The molecule has 3 fully saturated rings. The van der Waals surface area contributed by atoms with Crippen molar-refractivity contribution in [3.05, 3.63) is 30.3 Å². The summed E-state index contributed by atoms with van der Waals surface area (Å²) in [6, 6.07) is 8.06. The highest BCUT2D eigenvalue weighted by Gasteiger charge is 2.65. The van der Waals surface area contributed by atoms with E-state index in [1.165, 1.54) is 43.5 Å². The van der Waals surface area contributed by atoms with Crippen LogP contribution in [0.1, 0.15) is 51.4 Å². The summed E-state index contributed by atoms with van der Waals surface area (Å²) in [6.45, 7) is 1.78. The topological polar surface area (TPSA) is 98.8 Å². The molecule has 3 atom stereocenters. The SMILES string of the molecule is CNC(=O)[C@@H]1C[C@@]2(C[C@@H]2C(=O)NCCCN(C)C2CCCCC2)CN1S(=O)(=O)c1ccccc1. The Kier molecular flexibility index (Phi) is 7.64. The van der Waals surface area contributed by atoms with Gasteiger partial charge in [0.25, 0.3) is 0 Å². The number of rotatable bonds is 9. The van der Waals surface area contributed by atoms with Crippen LogP contribution in [-0.4, -0.2) is 75.3 Å². The fourth-order valence-electron chi connectivity index (χ4n) is 5.83. The molecule has 1 aromatic rings. The van der Waals surface area contributed by atoms with Gasteiger partial charge in [-0.05, 0) is 63.2 Å². The maximum atomic E-state index is 13.3. The van der Waals surface area contributed by atoms with Crippen molar-refractivity contribution in [2.45, 2.75) is 68.3 Å². The van der Waals surface area contributed by atoms with E-state index in [1.54, 1.807) is 30.3 Å². The summed E-state index contributed by atoms with van der Waals surface area (Å²) in [5.74, 6) is -0.588. The van der Waals surface area contributed by atoms with Crippen LogP contribution in [0.4, 0.5) is 0 Å². The largest absolute Gasteiger partial charge is 0.358 e. The average Bonchev–Trinajstić information content (AvgIpc) is 3.42. The molecule has 1 saturated heterocycles. The molecule has 1 spiro atoms. The molecule has 1 aliphatic heterocycles. The maximum Gasteiger partial charge on any atom is 0.243 e. The fourth-order valence-corrected chi connectivity index (χ4v) is 7.53. The smallest absolute Gasteiger partial charge is 0.243 e. The van der Waals surface area contributed by atoms with E-state index in [0.717, 1.165) is 13.0 Å². The quantitative estimate of drug-likeness (QED) is 0.516. The predicted octanol–water partition coefficient (Wildman–Crippen LogP) is 1.97. The normalized spacial score (nSPS) is 27.7. The summed E-state index contributed by atoms with van der Waals surface area (Å²) in [5.41, 5.74) is -0.456. The van der Waals surface area contributed by atoms with Gasteiger partial charge in [0, 0.05) is 32.1 Å². The van der Waals surface area contributed by atoms with Gasteiger partial charge in [0.2, 0.25) is 21.8 Å². The minimum atomic E-state index is -3.83. The molecule has 8 nitrogen and oxygen atoms in total. The summed E-state index contributed by atoms with van der Waals surface area (Å²) in [4.78, 5) is 28.1. The molecule has 0 radical (unpaired) electrons. The number of benzene rings is 1. The first-order valence-electron chi connectivity index (χ1n) is 12.5. The third kappa shape index (κ3) is 5.16. The van der Waals surface area contributed by atoms with Crippen LogP contribution in [0.5, 0.6) is 0 Å². The van der Waals surface area contributed by atoms with Gasteiger partial charge in [0.1, 0.15) is 6.04 Å². The second kappa shape index (κ2) is 10.3. The zero-order valence-electron chi connectivity index (χ0n) is 20.3. The molecule has 4 rings (SSSR count). The molecule has 0 aromatic heterocycles. The number of hydrogen-bond acceptors (Lipinski definition) is 5. The fraction of sp³-hybridized carbons (Fsp3) is 0.680. The molecule has 9 heteroatoms. The molecule has 188 valence electrons. The molecule has 0 bridgehead atoms. The molecule has 34 heavy (non-hydrogen) atoms. The molecule has 1 heterocycles. The number of nitrogens with one attached hydrogen (secondary N) is 2. The van der Waals surface area contributed by atoms with E-state index in [4.69, 9.17) is 0 Å². The number of carbonyl (C=O) groups is 2. The van der Waals surface area contributed by atoms with E-state index < -0.39 is 21.5 Å². The van der Waals surface area contributed by atoms with Crippen molar-refractivity contribution in [1.29, 1.82) is 0 Å². The van der Waals surface area contributed by atoms with Crippen molar-refractivity contribution in [1.82, 2.24) is 19.8 Å². The zero-order chi connectivity index (χ0) is 24.3. The number of nitrogens with zero attached hydrogens (tertiary/aromatic N) is 2. The molecule has 2 saturated carbocycles. The van der Waals surface area contributed by atoms with Crippen molar-refractivity contribution in [2.24, 2.45) is 11.3 Å². The van der Waals surface area contributed by atoms with Gasteiger partial charge in [0.05, 0.1) is 4.90 Å². The van der Waals surface area contributed by atoms with Crippen molar-refractivity contribution in [3.63, 3.8) is 0 Å². The summed E-state index contributed by atoms with van der Waals surface area (Å²) >= 11 is 0. The van der Waals surface area contributed by atoms with Crippen molar-refractivity contribution in [2.75, 3.05) is 33.7 Å². The highest BCUT2D eigenvalue weighted by Crippen LogP contribution is 2.61. The van der Waals surface area contributed by atoms with Gasteiger partial charge in [-0.3, -0.25) is 9.59 Å². The lowest BCUT2D eigenvalue weighted by Gasteiger charge is -2.31. The first kappa shape index (κ1) is 25.1. The van der Waals surface area contributed by atoms with Crippen LogP contribution in [0.3, 0.4) is 0 Å². The average molecular weight is 491 g/mol. The molecule has 2 amide bonds. The molecule has 3 aliphatic rings. The lowest BCUT2D eigenvalue weighted by Crippen LogP contribution is -2.44. The number of likely N-dealkylation sites (N-methyl/N-ethyl adjacent to an activating group) is 1. The number of amides is 2. The van der Waals surface area contributed by atoms with Crippen LogP contribution >= 0.6 is 0 Å². The Labute approximate surface area is 203 Å². The minimum Gasteiger partial charge on any atom is -0.358 e. The minimum absolute atomic E-state index is 0.0186. The van der Waals surface area contributed by atoms with Gasteiger partial charge in [0.15, 0.2) is 0 Å². The second-order valence-electron chi connectivity index (χ2n) is 10.2. The summed E-state index contributed by atoms with van der Waals surface area (Å²) in [5, 5.41) is 5.66. The van der Waals surface area contributed by atoms with Crippen LogP contribution in [-0.2, 0) is 19.6 Å². The van der Waals surface area contributed by atoms with Gasteiger partial charge < -0.3 is 15.5 Å². The van der Waals surface area contributed by atoms with Crippen molar-refractivity contribution >= 4 is 21.8 Å². The van der Waals surface area contributed by atoms with Crippen molar-refractivity contribution < 1.29 is 18.0 Å². The van der Waals surface area contributed by atoms with Crippen LogP contribution in [0.25, 0.3) is 0 Å². The first-order chi connectivity index (χ1) is 16.3. The Morgan fingerprint density at radius 2 is 1.79 bits per heavy atom. The van der Waals surface area contributed by atoms with E-state index >= 15 is 0 Å². The van der Waals surface area contributed by atoms with Crippen LogP contribution in [0.15, 0.2) is 35.2 Å². The van der Waals surface area contributed by atoms with Crippen molar-refractivity contribution in [3.8, 4) is 0 Å². The van der Waals surface area contributed by atoms with Gasteiger partial charge in [-0.1, -0.05) is 37.5 Å². The van der Waals surface area contributed by atoms with E-state index in [1.807, 2.05) is 0 Å². The Morgan fingerprint density at radius 1 is 1.09 bits per heavy atom. The van der Waals surface area contributed by atoms with Gasteiger partial charge in [-0.15, -0.1) is 0 Å². The lowest BCUT2D eigenvalue weighted by atomic mass is 9.94. The van der Waals surface area contributed by atoms with Crippen LogP contribution in [0.2, 0.25) is 0 Å². The summed E-state index contributed by atoms with van der Waals surface area (Å²) < 4.78 is 27.9. The van der Waals surface area contributed by atoms with Gasteiger partial charge in [-0.2, -0.15) is 4.31 Å². The third-order valence-electron chi connectivity index (χ3n) is 8.01. The number of hydrogen-bond donors (Lipinski definition) is 2. The maximum absolute atomic E-state index is 13.3. The molecular weight excluding hydrogens is 452 g/mol. The lowest BCUT2D eigenvalue weighted by molar-refractivity contribution is -0.124. The second-order valence-corrected chi connectivity index (χ2v) is 12.1. The highest BCUT2D eigenvalue weighted by molar-refractivity contribution is 7.89. The summed E-state index contributed by atoms with van der Waals surface area (Å²) in [7, 11) is -0.140.